The molecule has 3 heterocycles. The number of halogens is 3. The molecule has 0 N–H and O–H groups in total. The Kier molecular flexibility index (Phi) is 8.69. The first-order chi connectivity index (χ1) is 21.3. The van der Waals surface area contributed by atoms with Gasteiger partial charge in [0.2, 0.25) is 0 Å². The van der Waals surface area contributed by atoms with Gasteiger partial charge in [-0.05, 0) is 66.9 Å². The molecule has 1 saturated carbocycles. The van der Waals surface area contributed by atoms with Crippen LogP contribution in [0, 0.1) is 5.92 Å². The highest BCUT2D eigenvalue weighted by Crippen LogP contribution is 2.45. The van der Waals surface area contributed by atoms with Crippen molar-refractivity contribution in [2.75, 3.05) is 13.2 Å². The molecule has 7 nitrogen and oxygen atoms in total. The van der Waals surface area contributed by atoms with Crippen LogP contribution in [0.1, 0.15) is 69.4 Å². The molecule has 11 heteroatoms. The topological polar surface area (TPSA) is 71.2 Å². The Morgan fingerprint density at radius 1 is 1.18 bits per heavy atom. The van der Waals surface area contributed by atoms with Crippen molar-refractivity contribution in [3.8, 4) is 11.1 Å². The van der Waals surface area contributed by atoms with Crippen molar-refractivity contribution in [2.24, 2.45) is 5.92 Å². The summed E-state index contributed by atoms with van der Waals surface area (Å²) in [6.07, 6.45) is 4.68. The summed E-state index contributed by atoms with van der Waals surface area (Å²) >= 11 is 13.8. The zero-order valence-electron chi connectivity index (χ0n) is 26.7. The Hall–Kier alpha value is -2.72. The Morgan fingerprint density at radius 2 is 1.89 bits per heavy atom. The summed E-state index contributed by atoms with van der Waals surface area (Å²) < 4.78 is 29.3. The van der Waals surface area contributed by atoms with Crippen molar-refractivity contribution in [1.82, 2.24) is 19.3 Å². The number of benzene rings is 2. The third-order valence-corrected chi connectivity index (χ3v) is 15.1. The molecule has 1 aliphatic heterocycles. The summed E-state index contributed by atoms with van der Waals surface area (Å²) in [6, 6.07) is 9.36. The average Bonchev–Trinajstić information content (AvgIpc) is 3.65. The molecule has 1 fully saturated rings. The molecule has 2 atom stereocenters. The molecule has 2 aromatic carbocycles. The predicted molar refractivity (Wildman–Crippen MR) is 179 cm³/mol. The summed E-state index contributed by atoms with van der Waals surface area (Å²) in [5.74, 6) is 0.609. The molecule has 1 aliphatic carbocycles. The molecule has 240 valence electrons. The lowest BCUT2D eigenvalue weighted by Gasteiger charge is -2.41. The molecule has 2 aliphatic rings. The molecule has 2 aromatic heterocycles. The summed E-state index contributed by atoms with van der Waals surface area (Å²) in [5.41, 5.74) is 4.57. The van der Waals surface area contributed by atoms with Gasteiger partial charge in [0.05, 0.1) is 35.2 Å². The van der Waals surface area contributed by atoms with E-state index in [1.54, 1.807) is 24.0 Å². The molecule has 0 radical (unpaired) electrons. The quantitative estimate of drug-likeness (QED) is 0.131. The zero-order chi connectivity index (χ0) is 32.3. The first-order valence-electron chi connectivity index (χ1n) is 15.7. The second-order valence-corrected chi connectivity index (χ2v) is 19.6. The van der Waals surface area contributed by atoms with Gasteiger partial charge in [0.1, 0.15) is 11.7 Å². The van der Waals surface area contributed by atoms with E-state index in [1.165, 1.54) is 10.2 Å². The number of ether oxygens (including phenoxy) is 1. The highest BCUT2D eigenvalue weighted by atomic mass is 35.5. The van der Waals surface area contributed by atoms with E-state index in [0.29, 0.717) is 44.2 Å². The normalized spacial score (nSPS) is 20.7. The lowest BCUT2D eigenvalue weighted by molar-refractivity contribution is -0.146. The van der Waals surface area contributed by atoms with E-state index >= 15 is 0 Å². The average molecular weight is 672 g/mol. The van der Waals surface area contributed by atoms with Gasteiger partial charge in [0.15, 0.2) is 14.4 Å². The second-order valence-electron chi connectivity index (χ2n) is 14.0. The number of hydrogen-bond acceptors (Lipinski definition) is 5. The summed E-state index contributed by atoms with van der Waals surface area (Å²) in [7, 11) is -1.73. The van der Waals surface area contributed by atoms with Gasteiger partial charge in [0.25, 0.3) is 0 Å². The number of hydrogen-bond donors (Lipinski definition) is 0. The SMILES string of the molecule is CCOC(=O)[C@@H](c1ncn2c1C[C@@H](F)C2)n1cc2c(Cl)cc(-c3ccc(C4CC(CO[Si](C)(C)C(C)(C)C)C4)cc3)c(Cl)c2n1. The first kappa shape index (κ1) is 32.2. The molecular weight excluding hydrogens is 630 g/mol. The smallest absolute Gasteiger partial charge is 0.337 e. The number of esters is 1. The molecule has 6 rings (SSSR count). The summed E-state index contributed by atoms with van der Waals surface area (Å²) in [5, 5.41) is 6.47. The predicted octanol–water partition coefficient (Wildman–Crippen LogP) is 8.77. The Labute approximate surface area is 275 Å². The van der Waals surface area contributed by atoms with E-state index in [-0.39, 0.29) is 24.6 Å². The monoisotopic (exact) mass is 670 g/mol. The summed E-state index contributed by atoms with van der Waals surface area (Å²) in [4.78, 5) is 17.7. The van der Waals surface area contributed by atoms with Crippen LogP contribution in [0.5, 0.6) is 0 Å². The van der Waals surface area contributed by atoms with Crippen LogP contribution < -0.4 is 0 Å². The third kappa shape index (κ3) is 6.09. The van der Waals surface area contributed by atoms with E-state index in [4.69, 9.17) is 37.5 Å². The van der Waals surface area contributed by atoms with Crippen molar-refractivity contribution >= 4 is 48.4 Å². The van der Waals surface area contributed by atoms with Crippen molar-refractivity contribution < 1.29 is 18.3 Å². The fraction of sp³-hybridized carbons (Fsp3) is 0.500. The molecule has 0 amide bonds. The van der Waals surface area contributed by atoms with Gasteiger partial charge in [-0.2, -0.15) is 5.10 Å². The van der Waals surface area contributed by atoms with E-state index in [9.17, 15) is 9.18 Å². The van der Waals surface area contributed by atoms with Gasteiger partial charge in [0, 0.05) is 35.9 Å². The zero-order valence-corrected chi connectivity index (χ0v) is 29.3. The van der Waals surface area contributed by atoms with Gasteiger partial charge in [-0.15, -0.1) is 0 Å². The molecule has 0 bridgehead atoms. The minimum absolute atomic E-state index is 0.180. The van der Waals surface area contributed by atoms with Crippen LogP contribution in [0.15, 0.2) is 42.9 Å². The fourth-order valence-electron chi connectivity index (χ4n) is 6.17. The van der Waals surface area contributed by atoms with Gasteiger partial charge in [-0.3, -0.25) is 4.68 Å². The Morgan fingerprint density at radius 3 is 2.56 bits per heavy atom. The first-order valence-corrected chi connectivity index (χ1v) is 19.4. The van der Waals surface area contributed by atoms with Crippen LogP contribution in [0.25, 0.3) is 22.0 Å². The standard InChI is InChI=1S/C34H41Cl2FN4O3Si/c1-7-43-33(42)32(31-28-14-24(37)16-40(28)19-38-31)41-17-26-27(35)15-25(29(36)30(26)39-41)22-10-8-21(9-11-22)23-12-20(13-23)18-44-45(5,6)34(2,3)4/h8-11,15,17,19-20,23-24,32H,7,12-14,16,18H2,1-6H3/t20?,23?,24-,32-/m1/s1. The minimum Gasteiger partial charge on any atom is -0.464 e. The maximum atomic E-state index is 14.2. The van der Waals surface area contributed by atoms with Crippen LogP contribution in [0.2, 0.25) is 28.2 Å². The molecule has 45 heavy (non-hydrogen) atoms. The third-order valence-electron chi connectivity index (χ3n) is 9.94. The van der Waals surface area contributed by atoms with Crippen LogP contribution in [-0.4, -0.2) is 53.0 Å². The van der Waals surface area contributed by atoms with Gasteiger partial charge in [-0.1, -0.05) is 68.2 Å². The number of fused-ring (bicyclic) bond motifs is 2. The fourth-order valence-corrected chi connectivity index (χ4v) is 7.81. The number of nitrogens with zero attached hydrogens (tertiary/aromatic N) is 4. The number of alkyl halides is 1. The van der Waals surface area contributed by atoms with Crippen molar-refractivity contribution in [1.29, 1.82) is 0 Å². The maximum absolute atomic E-state index is 14.2. The number of carbonyl (C=O) groups is 1. The lowest BCUT2D eigenvalue weighted by atomic mass is 9.72. The number of carbonyl (C=O) groups excluding carboxylic acids is 1. The number of aromatic nitrogens is 4. The Balaban J connectivity index is 1.23. The van der Waals surface area contributed by atoms with Crippen LogP contribution in [0.4, 0.5) is 4.39 Å². The Bertz CT molecular complexity index is 1720. The molecule has 0 spiro atoms. The molecular formula is C34H41Cl2FN4O3Si. The van der Waals surface area contributed by atoms with Gasteiger partial charge < -0.3 is 13.7 Å². The summed E-state index contributed by atoms with van der Waals surface area (Å²) in [6.45, 7) is 14.5. The highest BCUT2D eigenvalue weighted by Gasteiger charge is 2.39. The van der Waals surface area contributed by atoms with E-state index < -0.39 is 26.5 Å². The second kappa shape index (κ2) is 12.1. The lowest BCUT2D eigenvalue weighted by Crippen LogP contribution is -2.43. The number of imidazole rings is 1. The van der Waals surface area contributed by atoms with Crippen LogP contribution in [0.3, 0.4) is 0 Å². The van der Waals surface area contributed by atoms with Gasteiger partial charge in [-0.25, -0.2) is 14.2 Å². The molecule has 4 aromatic rings. The molecule has 0 saturated heterocycles. The van der Waals surface area contributed by atoms with Crippen LogP contribution in [-0.2, 0) is 26.9 Å². The minimum atomic E-state index is -1.73. The largest absolute Gasteiger partial charge is 0.464 e. The van der Waals surface area contributed by atoms with E-state index in [2.05, 4.69) is 63.1 Å². The van der Waals surface area contributed by atoms with Crippen molar-refractivity contribution in [2.45, 2.75) is 89.8 Å². The maximum Gasteiger partial charge on any atom is 0.337 e. The van der Waals surface area contributed by atoms with Crippen molar-refractivity contribution in [3.05, 3.63) is 69.9 Å². The van der Waals surface area contributed by atoms with E-state index in [1.807, 2.05) is 6.07 Å². The van der Waals surface area contributed by atoms with Crippen molar-refractivity contribution in [3.63, 3.8) is 0 Å². The van der Waals surface area contributed by atoms with E-state index in [0.717, 1.165) is 30.6 Å². The highest BCUT2D eigenvalue weighted by molar-refractivity contribution is 6.74. The van der Waals surface area contributed by atoms with Gasteiger partial charge >= 0.3 is 5.97 Å². The van der Waals surface area contributed by atoms with Crippen LogP contribution >= 0.6 is 23.2 Å². The number of rotatable bonds is 9. The molecule has 0 unspecified atom stereocenters.